The molecule has 0 aliphatic heterocycles. The molecule has 2 nitrogen and oxygen atoms in total. The molecule has 1 aromatic rings. The molecular formula is C13H18N2. The van der Waals surface area contributed by atoms with Gasteiger partial charge in [-0.3, -0.25) is 4.90 Å². The van der Waals surface area contributed by atoms with Crippen LogP contribution in [0, 0.1) is 12.3 Å². The minimum Gasteiger partial charge on any atom is -0.399 e. The first-order valence-corrected chi connectivity index (χ1v) is 5.11. The van der Waals surface area contributed by atoms with Crippen molar-refractivity contribution in [1.29, 1.82) is 0 Å². The molecule has 1 aromatic carbocycles. The summed E-state index contributed by atoms with van der Waals surface area (Å²) in [5.74, 6) is 2.65. The van der Waals surface area contributed by atoms with Crippen molar-refractivity contribution in [2.24, 2.45) is 0 Å². The molecule has 1 unspecified atom stereocenters. The third-order valence-electron chi connectivity index (χ3n) is 2.60. The van der Waals surface area contributed by atoms with Crippen LogP contribution in [0.3, 0.4) is 0 Å². The number of hydrogen-bond donors (Lipinski definition) is 1. The molecule has 0 saturated heterocycles. The maximum Gasteiger partial charge on any atom is 0.0598 e. The van der Waals surface area contributed by atoms with Gasteiger partial charge >= 0.3 is 0 Å². The van der Waals surface area contributed by atoms with E-state index in [9.17, 15) is 0 Å². The van der Waals surface area contributed by atoms with Crippen molar-refractivity contribution in [2.45, 2.75) is 19.4 Å². The van der Waals surface area contributed by atoms with E-state index in [1.165, 1.54) is 5.56 Å². The van der Waals surface area contributed by atoms with Crippen molar-refractivity contribution in [1.82, 2.24) is 4.90 Å². The van der Waals surface area contributed by atoms with Crippen LogP contribution < -0.4 is 5.73 Å². The van der Waals surface area contributed by atoms with Gasteiger partial charge in [-0.2, -0.15) is 0 Å². The second-order valence-electron chi connectivity index (χ2n) is 3.91. The van der Waals surface area contributed by atoms with Crippen molar-refractivity contribution in [3.8, 4) is 12.3 Å². The second kappa shape index (κ2) is 5.43. The van der Waals surface area contributed by atoms with Gasteiger partial charge in [0, 0.05) is 11.7 Å². The standard InChI is InChI=1S/C13H18N2/c1-4-9-15(3)11(2)10-12-5-7-13(14)8-6-12/h1,5-8,11H,9-10,14H2,2-3H3. The number of rotatable bonds is 4. The third-order valence-corrected chi connectivity index (χ3v) is 2.60. The molecule has 0 amide bonds. The molecule has 0 radical (unpaired) electrons. The fraction of sp³-hybridized carbons (Fsp3) is 0.385. The molecule has 0 aliphatic rings. The van der Waals surface area contributed by atoms with Gasteiger partial charge in [0.1, 0.15) is 0 Å². The number of likely N-dealkylation sites (N-methyl/N-ethyl adjacent to an activating group) is 1. The minimum atomic E-state index is 0.449. The van der Waals surface area contributed by atoms with E-state index in [2.05, 4.69) is 29.9 Å². The first kappa shape index (κ1) is 11.6. The summed E-state index contributed by atoms with van der Waals surface area (Å²) >= 11 is 0. The molecule has 0 saturated carbocycles. The Hall–Kier alpha value is -1.46. The molecule has 2 N–H and O–H groups in total. The zero-order valence-corrected chi connectivity index (χ0v) is 9.40. The Morgan fingerprint density at radius 3 is 2.53 bits per heavy atom. The van der Waals surface area contributed by atoms with Crippen molar-refractivity contribution in [2.75, 3.05) is 19.3 Å². The Morgan fingerprint density at radius 2 is 2.00 bits per heavy atom. The maximum absolute atomic E-state index is 5.63. The van der Waals surface area contributed by atoms with E-state index in [1.54, 1.807) is 0 Å². The molecule has 80 valence electrons. The topological polar surface area (TPSA) is 29.3 Å². The zero-order valence-electron chi connectivity index (χ0n) is 9.40. The normalized spacial score (nSPS) is 12.4. The molecule has 1 rings (SSSR count). The summed E-state index contributed by atoms with van der Waals surface area (Å²) in [5, 5.41) is 0. The van der Waals surface area contributed by atoms with Crippen molar-refractivity contribution in [3.63, 3.8) is 0 Å². The van der Waals surface area contributed by atoms with Crippen LogP contribution >= 0.6 is 0 Å². The zero-order chi connectivity index (χ0) is 11.3. The summed E-state index contributed by atoms with van der Waals surface area (Å²) in [7, 11) is 2.04. The molecule has 0 bridgehead atoms. The highest BCUT2D eigenvalue weighted by Gasteiger charge is 2.08. The van der Waals surface area contributed by atoms with E-state index >= 15 is 0 Å². The molecule has 15 heavy (non-hydrogen) atoms. The first-order valence-electron chi connectivity index (χ1n) is 5.11. The van der Waals surface area contributed by atoms with E-state index in [4.69, 9.17) is 12.2 Å². The number of hydrogen-bond acceptors (Lipinski definition) is 2. The molecule has 2 heteroatoms. The van der Waals surface area contributed by atoms with Crippen LogP contribution in [-0.4, -0.2) is 24.5 Å². The van der Waals surface area contributed by atoms with Crippen LogP contribution in [0.2, 0.25) is 0 Å². The van der Waals surface area contributed by atoms with Gasteiger partial charge in [0.25, 0.3) is 0 Å². The summed E-state index contributed by atoms with van der Waals surface area (Å²) in [6, 6.07) is 8.45. The van der Waals surface area contributed by atoms with Crippen LogP contribution in [0.4, 0.5) is 5.69 Å². The lowest BCUT2D eigenvalue weighted by atomic mass is 10.1. The van der Waals surface area contributed by atoms with Gasteiger partial charge in [-0.1, -0.05) is 18.1 Å². The van der Waals surface area contributed by atoms with E-state index in [0.717, 1.165) is 12.1 Å². The van der Waals surface area contributed by atoms with Crippen LogP contribution in [0.25, 0.3) is 0 Å². The van der Waals surface area contributed by atoms with Gasteiger partial charge < -0.3 is 5.73 Å². The summed E-state index contributed by atoms with van der Waals surface area (Å²) in [5.41, 5.74) is 7.73. The quantitative estimate of drug-likeness (QED) is 0.595. The number of anilines is 1. The predicted octanol–water partition coefficient (Wildman–Crippen LogP) is 1.76. The maximum atomic E-state index is 5.63. The van der Waals surface area contributed by atoms with Gasteiger partial charge in [0.05, 0.1) is 6.54 Å². The van der Waals surface area contributed by atoms with E-state index in [-0.39, 0.29) is 0 Å². The highest BCUT2D eigenvalue weighted by atomic mass is 15.1. The highest BCUT2D eigenvalue weighted by Crippen LogP contribution is 2.10. The van der Waals surface area contributed by atoms with Crippen molar-refractivity contribution < 1.29 is 0 Å². The third kappa shape index (κ3) is 3.65. The molecule has 1 atom stereocenters. The minimum absolute atomic E-state index is 0.449. The SMILES string of the molecule is C#CCN(C)C(C)Cc1ccc(N)cc1. The Bertz CT molecular complexity index is 335. The number of nitrogen functional groups attached to an aromatic ring is 1. The van der Waals surface area contributed by atoms with Crippen LogP contribution in [0.1, 0.15) is 12.5 Å². The number of terminal acetylenes is 1. The van der Waals surface area contributed by atoms with Crippen LogP contribution in [0.15, 0.2) is 24.3 Å². The monoisotopic (exact) mass is 202 g/mol. The number of benzene rings is 1. The summed E-state index contributed by atoms with van der Waals surface area (Å²) < 4.78 is 0. The second-order valence-corrected chi connectivity index (χ2v) is 3.91. The lowest BCUT2D eigenvalue weighted by Crippen LogP contribution is -2.31. The Balaban J connectivity index is 2.55. The Morgan fingerprint density at radius 1 is 1.40 bits per heavy atom. The average Bonchev–Trinajstić information content (AvgIpc) is 2.22. The van der Waals surface area contributed by atoms with Crippen molar-refractivity contribution in [3.05, 3.63) is 29.8 Å². The summed E-state index contributed by atoms with van der Waals surface area (Å²) in [4.78, 5) is 2.16. The van der Waals surface area contributed by atoms with Gasteiger partial charge in [-0.05, 0) is 38.1 Å². The number of nitrogens with zero attached hydrogens (tertiary/aromatic N) is 1. The van der Waals surface area contributed by atoms with Gasteiger partial charge in [0.2, 0.25) is 0 Å². The van der Waals surface area contributed by atoms with E-state index < -0.39 is 0 Å². The lowest BCUT2D eigenvalue weighted by Gasteiger charge is -2.22. The lowest BCUT2D eigenvalue weighted by molar-refractivity contribution is 0.287. The largest absolute Gasteiger partial charge is 0.399 e. The van der Waals surface area contributed by atoms with E-state index in [1.807, 2.05) is 19.2 Å². The van der Waals surface area contributed by atoms with Gasteiger partial charge in [-0.25, -0.2) is 0 Å². The highest BCUT2D eigenvalue weighted by molar-refractivity contribution is 5.39. The average molecular weight is 202 g/mol. The Kier molecular flexibility index (Phi) is 4.20. The van der Waals surface area contributed by atoms with E-state index in [0.29, 0.717) is 12.6 Å². The van der Waals surface area contributed by atoms with Crippen LogP contribution in [-0.2, 0) is 6.42 Å². The summed E-state index contributed by atoms with van der Waals surface area (Å²) in [6.45, 7) is 2.86. The Labute approximate surface area is 92.1 Å². The van der Waals surface area contributed by atoms with Gasteiger partial charge in [-0.15, -0.1) is 6.42 Å². The smallest absolute Gasteiger partial charge is 0.0598 e. The molecule has 0 aliphatic carbocycles. The molecule has 0 fully saturated rings. The molecular weight excluding hydrogens is 184 g/mol. The summed E-state index contributed by atoms with van der Waals surface area (Å²) in [6.07, 6.45) is 6.27. The fourth-order valence-electron chi connectivity index (χ4n) is 1.45. The van der Waals surface area contributed by atoms with Crippen LogP contribution in [0.5, 0.6) is 0 Å². The predicted molar refractivity (Wildman–Crippen MR) is 65.5 cm³/mol. The number of nitrogens with two attached hydrogens (primary N) is 1. The van der Waals surface area contributed by atoms with Crippen molar-refractivity contribution >= 4 is 5.69 Å². The molecule has 0 heterocycles. The van der Waals surface area contributed by atoms with Gasteiger partial charge in [0.15, 0.2) is 0 Å². The molecule has 0 aromatic heterocycles. The molecule has 0 spiro atoms. The first-order chi connectivity index (χ1) is 7.13. The fourth-order valence-corrected chi connectivity index (χ4v) is 1.45.